The predicted molar refractivity (Wildman–Crippen MR) is 64.0 cm³/mol. The average Bonchev–Trinajstić information content (AvgIpc) is 2.27. The molecule has 1 unspecified atom stereocenters. The highest BCUT2D eigenvalue weighted by Gasteiger charge is 2.11. The highest BCUT2D eigenvalue weighted by Crippen LogP contribution is 1.99. The van der Waals surface area contributed by atoms with Crippen LogP contribution < -0.4 is 5.73 Å². The molecule has 1 aliphatic heterocycles. The van der Waals surface area contributed by atoms with Gasteiger partial charge in [-0.2, -0.15) is 0 Å². The lowest BCUT2D eigenvalue weighted by Crippen LogP contribution is -2.44. The molecule has 1 heterocycles. The third kappa shape index (κ3) is 5.34. The smallest absolute Gasteiger partial charge is 0.105 e. The Morgan fingerprint density at radius 3 is 3.06 bits per heavy atom. The van der Waals surface area contributed by atoms with Gasteiger partial charge >= 0.3 is 0 Å². The second kappa shape index (κ2) is 7.49. The summed E-state index contributed by atoms with van der Waals surface area (Å²) in [6, 6.07) is 0.157. The molecule has 0 aromatic rings. The molecule has 0 aromatic heterocycles. The molecule has 0 fully saturated rings. The maximum Gasteiger partial charge on any atom is 0.105 e. The van der Waals surface area contributed by atoms with E-state index in [4.69, 9.17) is 15.2 Å². The highest BCUT2D eigenvalue weighted by molar-refractivity contribution is 4.83. The number of rotatable bonds is 7. The van der Waals surface area contributed by atoms with Crippen LogP contribution >= 0.6 is 0 Å². The van der Waals surface area contributed by atoms with Crippen molar-refractivity contribution >= 4 is 0 Å². The maximum absolute atomic E-state index is 6.08. The first-order valence-electron chi connectivity index (χ1n) is 5.67. The summed E-state index contributed by atoms with van der Waals surface area (Å²) in [5.74, 6) is 0. The summed E-state index contributed by atoms with van der Waals surface area (Å²) < 4.78 is 10.1. The summed E-state index contributed by atoms with van der Waals surface area (Å²) in [7, 11) is 3.78. The Morgan fingerprint density at radius 2 is 2.44 bits per heavy atom. The van der Waals surface area contributed by atoms with E-state index in [1.54, 1.807) is 13.4 Å². The molecule has 0 aliphatic carbocycles. The Kier molecular flexibility index (Phi) is 6.22. The van der Waals surface area contributed by atoms with Gasteiger partial charge in [0.25, 0.3) is 0 Å². The fourth-order valence-electron chi connectivity index (χ4n) is 1.69. The second-order valence-electron chi connectivity index (χ2n) is 4.17. The van der Waals surface area contributed by atoms with Crippen LogP contribution in [0.5, 0.6) is 0 Å². The van der Waals surface area contributed by atoms with Gasteiger partial charge in [-0.25, -0.2) is 0 Å². The van der Waals surface area contributed by atoms with Crippen molar-refractivity contribution in [1.82, 2.24) is 9.80 Å². The number of hydrogen-bond donors (Lipinski definition) is 1. The standard InChI is InChI=1S/C11H23N3O2/c1-13(3-6-15-2)9-11(12)10-14-4-7-16-8-5-14/h4,7,11H,3,5-6,8-10,12H2,1-2H3. The van der Waals surface area contributed by atoms with Crippen LogP contribution in [0.1, 0.15) is 0 Å². The van der Waals surface area contributed by atoms with E-state index in [-0.39, 0.29) is 6.04 Å². The molecule has 0 saturated carbocycles. The summed E-state index contributed by atoms with van der Waals surface area (Å²) in [6.07, 6.45) is 3.68. The zero-order valence-corrected chi connectivity index (χ0v) is 10.3. The minimum absolute atomic E-state index is 0.157. The number of nitrogens with two attached hydrogens (primary N) is 1. The van der Waals surface area contributed by atoms with Crippen molar-refractivity contribution in [2.45, 2.75) is 6.04 Å². The van der Waals surface area contributed by atoms with Gasteiger partial charge < -0.3 is 25.0 Å². The number of likely N-dealkylation sites (N-methyl/N-ethyl adjacent to an activating group) is 1. The van der Waals surface area contributed by atoms with Crippen molar-refractivity contribution < 1.29 is 9.47 Å². The minimum Gasteiger partial charge on any atom is -0.498 e. The summed E-state index contributed by atoms with van der Waals surface area (Å²) in [5.41, 5.74) is 6.08. The van der Waals surface area contributed by atoms with Crippen LogP contribution in [0, 0.1) is 0 Å². The van der Waals surface area contributed by atoms with Crippen LogP contribution in [-0.2, 0) is 9.47 Å². The van der Waals surface area contributed by atoms with E-state index in [2.05, 4.69) is 16.8 Å². The fraction of sp³-hybridized carbons (Fsp3) is 0.818. The molecule has 0 radical (unpaired) electrons. The molecule has 1 aliphatic rings. The van der Waals surface area contributed by atoms with E-state index in [0.29, 0.717) is 0 Å². The second-order valence-corrected chi connectivity index (χ2v) is 4.17. The molecule has 0 bridgehead atoms. The third-order valence-electron chi connectivity index (χ3n) is 2.56. The van der Waals surface area contributed by atoms with E-state index in [0.717, 1.165) is 39.4 Å². The fourth-order valence-corrected chi connectivity index (χ4v) is 1.69. The molecule has 94 valence electrons. The molecule has 0 saturated heterocycles. The molecule has 16 heavy (non-hydrogen) atoms. The van der Waals surface area contributed by atoms with Gasteiger partial charge in [-0.15, -0.1) is 0 Å². The summed E-state index contributed by atoms with van der Waals surface area (Å²) >= 11 is 0. The summed E-state index contributed by atoms with van der Waals surface area (Å²) in [5, 5.41) is 0. The van der Waals surface area contributed by atoms with Crippen molar-refractivity contribution in [2.24, 2.45) is 5.73 Å². The van der Waals surface area contributed by atoms with Crippen LogP contribution in [0.3, 0.4) is 0 Å². The Morgan fingerprint density at radius 1 is 1.62 bits per heavy atom. The summed E-state index contributed by atoms with van der Waals surface area (Å²) in [4.78, 5) is 4.39. The van der Waals surface area contributed by atoms with Crippen LogP contribution in [0.15, 0.2) is 12.5 Å². The first kappa shape index (κ1) is 13.3. The molecule has 1 rings (SSSR count). The molecule has 0 amide bonds. The molecule has 5 heteroatoms. The summed E-state index contributed by atoms with van der Waals surface area (Å²) in [6.45, 7) is 5.10. The van der Waals surface area contributed by atoms with Gasteiger partial charge in [-0.1, -0.05) is 0 Å². The van der Waals surface area contributed by atoms with Crippen LogP contribution in [0.2, 0.25) is 0 Å². The average molecular weight is 229 g/mol. The van der Waals surface area contributed by atoms with Gasteiger partial charge in [-0.05, 0) is 7.05 Å². The van der Waals surface area contributed by atoms with Crippen LogP contribution in [0.4, 0.5) is 0 Å². The third-order valence-corrected chi connectivity index (χ3v) is 2.56. The van der Waals surface area contributed by atoms with E-state index < -0.39 is 0 Å². The first-order valence-corrected chi connectivity index (χ1v) is 5.67. The Bertz CT molecular complexity index is 211. The molecule has 0 aromatic carbocycles. The number of hydrogen-bond acceptors (Lipinski definition) is 5. The quantitative estimate of drug-likeness (QED) is 0.649. The zero-order chi connectivity index (χ0) is 11.8. The lowest BCUT2D eigenvalue weighted by molar-refractivity contribution is 0.146. The van der Waals surface area contributed by atoms with Gasteiger partial charge in [-0.3, -0.25) is 0 Å². The lowest BCUT2D eigenvalue weighted by Gasteiger charge is -2.28. The Labute approximate surface area is 97.8 Å². The molecular formula is C11H23N3O2. The van der Waals surface area contributed by atoms with E-state index in [9.17, 15) is 0 Å². The molecule has 5 nitrogen and oxygen atoms in total. The lowest BCUT2D eigenvalue weighted by atomic mass is 10.2. The predicted octanol–water partition coefficient (Wildman–Crippen LogP) is -0.305. The van der Waals surface area contributed by atoms with E-state index in [1.165, 1.54) is 0 Å². The number of methoxy groups -OCH3 is 1. The minimum atomic E-state index is 0.157. The van der Waals surface area contributed by atoms with Gasteiger partial charge in [0.2, 0.25) is 0 Å². The maximum atomic E-state index is 6.08. The topological polar surface area (TPSA) is 51.0 Å². The van der Waals surface area contributed by atoms with Gasteiger partial charge in [0, 0.05) is 39.0 Å². The van der Waals surface area contributed by atoms with Crippen LogP contribution in [-0.4, -0.2) is 69.4 Å². The van der Waals surface area contributed by atoms with Gasteiger partial charge in [0.1, 0.15) is 6.61 Å². The molecule has 2 N–H and O–H groups in total. The van der Waals surface area contributed by atoms with Crippen molar-refractivity contribution in [1.29, 1.82) is 0 Å². The molecule has 1 atom stereocenters. The number of nitrogens with zero attached hydrogens (tertiary/aromatic N) is 2. The van der Waals surface area contributed by atoms with Crippen LogP contribution in [0.25, 0.3) is 0 Å². The van der Waals surface area contributed by atoms with Gasteiger partial charge in [0.15, 0.2) is 0 Å². The molecular weight excluding hydrogens is 206 g/mol. The van der Waals surface area contributed by atoms with E-state index >= 15 is 0 Å². The van der Waals surface area contributed by atoms with Crippen molar-refractivity contribution in [3.05, 3.63) is 12.5 Å². The SMILES string of the molecule is COCCN(C)CC(N)CN1C=COCC1. The normalized spacial score (nSPS) is 17.6. The van der Waals surface area contributed by atoms with Crippen molar-refractivity contribution in [3.8, 4) is 0 Å². The Hall–Kier alpha value is -0.780. The van der Waals surface area contributed by atoms with Crippen molar-refractivity contribution in [3.63, 3.8) is 0 Å². The highest BCUT2D eigenvalue weighted by atomic mass is 16.5. The Balaban J connectivity index is 2.16. The molecule has 0 spiro atoms. The van der Waals surface area contributed by atoms with Gasteiger partial charge in [0.05, 0.1) is 19.4 Å². The largest absolute Gasteiger partial charge is 0.498 e. The van der Waals surface area contributed by atoms with Crippen molar-refractivity contribution in [2.75, 3.05) is 53.6 Å². The van der Waals surface area contributed by atoms with E-state index in [1.807, 2.05) is 6.20 Å². The number of ether oxygens (including phenoxy) is 2. The monoisotopic (exact) mass is 229 g/mol. The first-order chi connectivity index (χ1) is 7.72. The zero-order valence-electron chi connectivity index (χ0n) is 10.3.